The van der Waals surface area contributed by atoms with E-state index in [0.717, 1.165) is 28.6 Å². The fourth-order valence-corrected chi connectivity index (χ4v) is 3.13. The van der Waals surface area contributed by atoms with Crippen LogP contribution in [0.4, 0.5) is 5.69 Å². The first kappa shape index (κ1) is 15.2. The van der Waals surface area contributed by atoms with Gasteiger partial charge in [0.15, 0.2) is 5.78 Å². The molecule has 0 saturated heterocycles. The van der Waals surface area contributed by atoms with E-state index < -0.39 is 0 Å². The monoisotopic (exact) mass is 337 g/mol. The molecule has 1 atom stereocenters. The maximum absolute atomic E-state index is 12.4. The Morgan fingerprint density at radius 2 is 2.10 bits per heavy atom. The number of halogens is 1. The van der Waals surface area contributed by atoms with Gasteiger partial charge in [0, 0.05) is 35.6 Å². The summed E-state index contributed by atoms with van der Waals surface area (Å²) in [6, 6.07) is 3.86. The van der Waals surface area contributed by atoms with Gasteiger partial charge in [0.05, 0.1) is 0 Å². The maximum atomic E-state index is 12.4. The first-order valence-electron chi connectivity index (χ1n) is 7.07. The molecule has 0 aromatic heterocycles. The van der Waals surface area contributed by atoms with Crippen LogP contribution in [0.15, 0.2) is 16.6 Å². The Morgan fingerprint density at radius 1 is 1.40 bits per heavy atom. The fourth-order valence-electron chi connectivity index (χ4n) is 2.52. The minimum Gasteiger partial charge on any atom is -0.312 e. The lowest BCUT2D eigenvalue weighted by molar-refractivity contribution is -0.116. The number of carbonyl (C=O) groups excluding carboxylic acids is 2. The number of nitrogens with zero attached hydrogens (tertiary/aromatic N) is 1. The molecule has 1 aliphatic rings. The summed E-state index contributed by atoms with van der Waals surface area (Å²) < 4.78 is 0.843. The third kappa shape index (κ3) is 2.95. The molecule has 1 aromatic carbocycles. The third-order valence-corrected chi connectivity index (χ3v) is 4.63. The van der Waals surface area contributed by atoms with Crippen molar-refractivity contribution >= 4 is 33.3 Å². The number of ketones is 1. The molecule has 0 fully saturated rings. The van der Waals surface area contributed by atoms with Crippen LogP contribution in [0.25, 0.3) is 0 Å². The number of fused-ring (bicyclic) bond motifs is 1. The molecule has 1 heterocycles. The molecule has 3 nitrogen and oxygen atoms in total. The van der Waals surface area contributed by atoms with Gasteiger partial charge in [-0.15, -0.1) is 0 Å². The van der Waals surface area contributed by atoms with Crippen molar-refractivity contribution in [2.45, 2.75) is 40.0 Å². The van der Waals surface area contributed by atoms with E-state index in [1.54, 1.807) is 11.8 Å². The van der Waals surface area contributed by atoms with E-state index in [9.17, 15) is 9.59 Å². The van der Waals surface area contributed by atoms with E-state index in [0.29, 0.717) is 24.4 Å². The number of amides is 1. The zero-order chi connectivity index (χ0) is 14.9. The predicted molar refractivity (Wildman–Crippen MR) is 84.3 cm³/mol. The van der Waals surface area contributed by atoms with Crippen LogP contribution in [-0.2, 0) is 11.2 Å². The fraction of sp³-hybridized carbons (Fsp3) is 0.500. The number of hydrogen-bond donors (Lipinski definition) is 0. The second-order valence-electron chi connectivity index (χ2n) is 5.52. The van der Waals surface area contributed by atoms with Crippen molar-refractivity contribution in [3.05, 3.63) is 27.7 Å². The van der Waals surface area contributed by atoms with Crippen molar-refractivity contribution in [3.8, 4) is 0 Å². The van der Waals surface area contributed by atoms with Gasteiger partial charge in [-0.2, -0.15) is 0 Å². The number of carbonyl (C=O) groups is 2. The van der Waals surface area contributed by atoms with Crippen molar-refractivity contribution in [1.29, 1.82) is 0 Å². The lowest BCUT2D eigenvalue weighted by Gasteiger charge is -2.16. The molecule has 0 bridgehead atoms. The summed E-state index contributed by atoms with van der Waals surface area (Å²) in [5.74, 6) is 0.558. The van der Waals surface area contributed by atoms with E-state index >= 15 is 0 Å². The molecule has 0 radical (unpaired) electrons. The van der Waals surface area contributed by atoms with Gasteiger partial charge >= 0.3 is 0 Å². The van der Waals surface area contributed by atoms with E-state index in [-0.39, 0.29) is 11.7 Å². The summed E-state index contributed by atoms with van der Waals surface area (Å²) in [6.45, 7) is 6.45. The molecule has 1 amide bonds. The van der Waals surface area contributed by atoms with Gasteiger partial charge in [-0.1, -0.05) is 36.2 Å². The Kier molecular flexibility index (Phi) is 4.63. The Morgan fingerprint density at radius 3 is 2.70 bits per heavy atom. The summed E-state index contributed by atoms with van der Waals surface area (Å²) in [5, 5.41) is 0. The van der Waals surface area contributed by atoms with Gasteiger partial charge in [0.2, 0.25) is 5.91 Å². The van der Waals surface area contributed by atoms with E-state index in [1.807, 2.05) is 12.1 Å². The molecule has 0 N–H and O–H groups in total. The highest BCUT2D eigenvalue weighted by Gasteiger charge is 2.25. The lowest BCUT2D eigenvalue weighted by Crippen LogP contribution is -2.26. The number of hydrogen-bond acceptors (Lipinski definition) is 2. The smallest absolute Gasteiger partial charge is 0.223 e. The van der Waals surface area contributed by atoms with Crippen molar-refractivity contribution in [2.24, 2.45) is 5.92 Å². The van der Waals surface area contributed by atoms with Crippen LogP contribution in [0.2, 0.25) is 0 Å². The highest BCUT2D eigenvalue weighted by atomic mass is 79.9. The Labute approximate surface area is 128 Å². The number of benzene rings is 1. The minimum atomic E-state index is 0.0337. The quantitative estimate of drug-likeness (QED) is 0.779. The molecule has 0 saturated carbocycles. The molecular formula is C16H20BrNO2. The maximum Gasteiger partial charge on any atom is 0.223 e. The van der Waals surface area contributed by atoms with Crippen LogP contribution in [0.1, 0.15) is 49.5 Å². The van der Waals surface area contributed by atoms with Gasteiger partial charge in [-0.05, 0) is 30.0 Å². The standard InChI is InChI=1S/C16H20BrNO2/c1-4-10(2)7-16(20)13-9-15-12(8-14(13)17)5-6-18(15)11(3)19/h8-10H,4-7H2,1-3H3. The summed E-state index contributed by atoms with van der Waals surface area (Å²) in [6.07, 6.45) is 2.40. The van der Waals surface area contributed by atoms with Gasteiger partial charge in [-0.3, -0.25) is 9.59 Å². The predicted octanol–water partition coefficient (Wildman–Crippen LogP) is 3.98. The van der Waals surface area contributed by atoms with Crippen molar-refractivity contribution in [2.75, 3.05) is 11.4 Å². The zero-order valence-corrected chi connectivity index (χ0v) is 13.8. The van der Waals surface area contributed by atoms with Crippen LogP contribution >= 0.6 is 15.9 Å². The van der Waals surface area contributed by atoms with Crippen LogP contribution in [-0.4, -0.2) is 18.2 Å². The largest absolute Gasteiger partial charge is 0.312 e. The first-order valence-corrected chi connectivity index (χ1v) is 7.87. The summed E-state index contributed by atoms with van der Waals surface area (Å²) in [7, 11) is 0. The molecule has 0 spiro atoms. The normalized spacial score (nSPS) is 15.1. The summed E-state index contributed by atoms with van der Waals surface area (Å²) in [4.78, 5) is 25.8. The molecule has 4 heteroatoms. The SMILES string of the molecule is CCC(C)CC(=O)c1cc2c(cc1Br)CCN2C(C)=O. The molecule has 1 aliphatic heterocycles. The molecule has 2 rings (SSSR count). The lowest BCUT2D eigenvalue weighted by atomic mass is 9.96. The van der Waals surface area contributed by atoms with Gasteiger partial charge in [0.25, 0.3) is 0 Å². The average Bonchev–Trinajstić information content (AvgIpc) is 2.80. The average molecular weight is 338 g/mol. The number of rotatable bonds is 4. The van der Waals surface area contributed by atoms with Crippen LogP contribution < -0.4 is 4.90 Å². The third-order valence-electron chi connectivity index (χ3n) is 3.98. The van der Waals surface area contributed by atoms with Gasteiger partial charge < -0.3 is 4.90 Å². The molecule has 1 aromatic rings. The number of Topliss-reactive ketones (excluding diaryl/α,β-unsaturated/α-hetero) is 1. The minimum absolute atomic E-state index is 0.0337. The van der Waals surface area contributed by atoms with Crippen LogP contribution in [0.5, 0.6) is 0 Å². The van der Waals surface area contributed by atoms with Crippen LogP contribution in [0.3, 0.4) is 0 Å². The molecule has 20 heavy (non-hydrogen) atoms. The highest BCUT2D eigenvalue weighted by Crippen LogP contribution is 2.34. The van der Waals surface area contributed by atoms with Crippen LogP contribution in [0, 0.1) is 5.92 Å². The van der Waals surface area contributed by atoms with E-state index in [2.05, 4.69) is 29.8 Å². The van der Waals surface area contributed by atoms with Crippen molar-refractivity contribution in [1.82, 2.24) is 0 Å². The molecule has 108 valence electrons. The Balaban J connectivity index is 2.34. The van der Waals surface area contributed by atoms with Gasteiger partial charge in [0.1, 0.15) is 0 Å². The second kappa shape index (κ2) is 6.08. The van der Waals surface area contributed by atoms with Crippen molar-refractivity contribution < 1.29 is 9.59 Å². The second-order valence-corrected chi connectivity index (χ2v) is 6.38. The topological polar surface area (TPSA) is 37.4 Å². The molecular weight excluding hydrogens is 318 g/mol. The van der Waals surface area contributed by atoms with Gasteiger partial charge in [-0.25, -0.2) is 0 Å². The highest BCUT2D eigenvalue weighted by molar-refractivity contribution is 9.10. The zero-order valence-electron chi connectivity index (χ0n) is 12.2. The van der Waals surface area contributed by atoms with E-state index in [4.69, 9.17) is 0 Å². The number of anilines is 1. The Hall–Kier alpha value is -1.16. The molecule has 0 aliphatic carbocycles. The van der Waals surface area contributed by atoms with Crippen molar-refractivity contribution in [3.63, 3.8) is 0 Å². The first-order chi connectivity index (χ1) is 9.43. The summed E-state index contributed by atoms with van der Waals surface area (Å²) >= 11 is 3.50. The van der Waals surface area contributed by atoms with E-state index in [1.165, 1.54) is 0 Å². The summed E-state index contributed by atoms with van der Waals surface area (Å²) in [5.41, 5.74) is 2.72. The Bertz CT molecular complexity index is 554. The molecule has 1 unspecified atom stereocenters.